The summed E-state index contributed by atoms with van der Waals surface area (Å²) < 4.78 is 55.8. The van der Waals surface area contributed by atoms with Crippen LogP contribution in [0, 0.1) is 5.82 Å². The molecule has 2 atom stereocenters. The Kier molecular flexibility index (Phi) is 7.79. The van der Waals surface area contributed by atoms with Crippen molar-refractivity contribution in [2.45, 2.75) is 24.4 Å². The molecule has 1 aliphatic carbocycles. The van der Waals surface area contributed by atoms with Crippen LogP contribution in [0.25, 0.3) is 11.3 Å². The summed E-state index contributed by atoms with van der Waals surface area (Å²) in [6, 6.07) is 11.7. The molecule has 1 saturated carbocycles. The fourth-order valence-corrected chi connectivity index (χ4v) is 3.84. The fourth-order valence-electron chi connectivity index (χ4n) is 3.66. The first-order valence-electron chi connectivity index (χ1n) is 11.3. The molecule has 37 heavy (non-hydrogen) atoms. The average molecular weight is 537 g/mol. The number of methoxy groups -OCH3 is 2. The van der Waals surface area contributed by atoms with Crippen molar-refractivity contribution in [1.29, 1.82) is 0 Å². The number of nitrogens with one attached hydrogen (secondary N) is 1. The van der Waals surface area contributed by atoms with E-state index in [1.807, 2.05) is 0 Å². The van der Waals surface area contributed by atoms with Crippen molar-refractivity contribution < 1.29 is 37.3 Å². The Morgan fingerprint density at radius 1 is 1.14 bits per heavy atom. The molecule has 3 aromatic rings. The number of alkyl halides is 2. The van der Waals surface area contributed by atoms with Gasteiger partial charge in [-0.05, 0) is 48.5 Å². The summed E-state index contributed by atoms with van der Waals surface area (Å²) in [5.41, 5.74) is 1.59. The number of hydrogen-bond acceptors (Lipinski definition) is 6. The molecule has 7 nitrogen and oxygen atoms in total. The number of carbonyl (C=O) groups excluding carboxylic acids is 1. The van der Waals surface area contributed by atoms with Gasteiger partial charge in [0.05, 0.1) is 32.3 Å². The van der Waals surface area contributed by atoms with Gasteiger partial charge in [0.15, 0.2) is 17.6 Å². The van der Waals surface area contributed by atoms with Crippen molar-refractivity contribution in [2.75, 3.05) is 27.4 Å². The number of ether oxygens (including phenoxy) is 3. The summed E-state index contributed by atoms with van der Waals surface area (Å²) in [6.45, 7) is -0.290. The van der Waals surface area contributed by atoms with Gasteiger partial charge < -0.3 is 24.6 Å². The van der Waals surface area contributed by atoms with Gasteiger partial charge in [-0.15, -0.1) is 0 Å². The molecule has 0 aliphatic heterocycles. The highest BCUT2D eigenvalue weighted by molar-refractivity contribution is 6.31. The van der Waals surface area contributed by atoms with Crippen molar-refractivity contribution in [1.82, 2.24) is 10.3 Å². The van der Waals surface area contributed by atoms with Gasteiger partial charge in [0.2, 0.25) is 0 Å². The molecule has 11 heteroatoms. The molecular weight excluding hydrogens is 513 g/mol. The molecule has 2 aromatic carbocycles. The summed E-state index contributed by atoms with van der Waals surface area (Å²) in [7, 11) is 2.81. The number of aliphatic hydroxyl groups excluding tert-OH is 1. The summed E-state index contributed by atoms with van der Waals surface area (Å²) >= 11 is 5.92. The number of nitrogens with zero attached hydrogens (tertiary/aromatic N) is 1. The van der Waals surface area contributed by atoms with Gasteiger partial charge in [-0.2, -0.15) is 0 Å². The van der Waals surface area contributed by atoms with Crippen LogP contribution >= 0.6 is 11.6 Å². The molecule has 0 bridgehead atoms. The minimum atomic E-state index is -2.86. The van der Waals surface area contributed by atoms with Crippen LogP contribution in [0.4, 0.5) is 13.2 Å². The van der Waals surface area contributed by atoms with E-state index in [1.54, 1.807) is 12.1 Å². The highest BCUT2D eigenvalue weighted by Gasteiger charge is 2.60. The van der Waals surface area contributed by atoms with Gasteiger partial charge in [0.1, 0.15) is 17.3 Å². The zero-order valence-electron chi connectivity index (χ0n) is 19.9. The molecule has 0 saturated heterocycles. The molecule has 196 valence electrons. The van der Waals surface area contributed by atoms with E-state index in [1.165, 1.54) is 50.6 Å². The van der Waals surface area contributed by atoms with Crippen LogP contribution in [0.3, 0.4) is 0 Å². The van der Waals surface area contributed by atoms with Crippen LogP contribution in [-0.2, 0) is 0 Å². The van der Waals surface area contributed by atoms with E-state index in [9.17, 15) is 23.1 Å². The van der Waals surface area contributed by atoms with Crippen LogP contribution in [0.2, 0.25) is 5.02 Å². The Morgan fingerprint density at radius 3 is 2.46 bits per heavy atom. The predicted octanol–water partition coefficient (Wildman–Crippen LogP) is 4.85. The van der Waals surface area contributed by atoms with E-state index in [0.29, 0.717) is 22.7 Å². The molecule has 0 radical (unpaired) electrons. The van der Waals surface area contributed by atoms with Gasteiger partial charge in [0.25, 0.3) is 11.8 Å². The SMILES string of the molecule is COc1cc(C(=O)NCC(CO)c2ccc(OC)c(-c3ccc(F)c(Cl)c3)n2)ccc1OC1CC1(F)F. The van der Waals surface area contributed by atoms with Crippen LogP contribution in [0.1, 0.15) is 28.4 Å². The standard InChI is InChI=1S/C26H24ClF3N2O5/c1-35-21-8-6-19(32-24(21)14-3-5-18(28)17(27)9-14)16(13-33)12-31-25(34)15-4-7-20(22(10-15)36-2)37-23-11-26(23,29)30/h3-10,16,23,33H,11-13H2,1-2H3,(H,31,34). The lowest BCUT2D eigenvalue weighted by Crippen LogP contribution is -2.30. The molecule has 4 rings (SSSR count). The average Bonchev–Trinajstić information content (AvgIpc) is 3.51. The Morgan fingerprint density at radius 2 is 1.84 bits per heavy atom. The minimum absolute atomic E-state index is 0.0349. The van der Waals surface area contributed by atoms with Crippen LogP contribution in [-0.4, -0.2) is 55.4 Å². The quantitative estimate of drug-likeness (QED) is 0.385. The zero-order chi connectivity index (χ0) is 26.7. The summed E-state index contributed by atoms with van der Waals surface area (Å²) in [5.74, 6) is -3.80. The van der Waals surface area contributed by atoms with Gasteiger partial charge in [-0.1, -0.05) is 11.6 Å². The topological polar surface area (TPSA) is 89.9 Å². The van der Waals surface area contributed by atoms with Crippen LogP contribution in [0.15, 0.2) is 48.5 Å². The second-order valence-corrected chi connectivity index (χ2v) is 8.85. The first-order valence-corrected chi connectivity index (χ1v) is 11.7. The Labute approximate surface area is 216 Å². The first-order chi connectivity index (χ1) is 17.7. The largest absolute Gasteiger partial charge is 0.494 e. The van der Waals surface area contributed by atoms with Crippen LogP contribution in [0.5, 0.6) is 17.2 Å². The van der Waals surface area contributed by atoms with E-state index < -0.39 is 29.7 Å². The van der Waals surface area contributed by atoms with Crippen molar-refractivity contribution in [3.8, 4) is 28.5 Å². The Hall–Kier alpha value is -3.50. The maximum Gasteiger partial charge on any atom is 0.288 e. The summed E-state index contributed by atoms with van der Waals surface area (Å²) in [5, 5.41) is 12.6. The van der Waals surface area contributed by atoms with E-state index >= 15 is 0 Å². The zero-order valence-corrected chi connectivity index (χ0v) is 20.7. The molecule has 1 fully saturated rings. The number of aliphatic hydroxyl groups is 1. The van der Waals surface area contributed by atoms with Crippen LogP contribution < -0.4 is 19.5 Å². The highest BCUT2D eigenvalue weighted by Crippen LogP contribution is 2.46. The van der Waals surface area contributed by atoms with Gasteiger partial charge in [0, 0.05) is 29.3 Å². The molecular formula is C26H24ClF3N2O5. The van der Waals surface area contributed by atoms with E-state index in [4.69, 9.17) is 25.8 Å². The van der Waals surface area contributed by atoms with Gasteiger partial charge >= 0.3 is 0 Å². The Balaban J connectivity index is 1.48. The fraction of sp³-hybridized carbons (Fsp3) is 0.308. The second-order valence-electron chi connectivity index (χ2n) is 8.44. The van der Waals surface area contributed by atoms with Crippen molar-refractivity contribution in [2.24, 2.45) is 0 Å². The number of amides is 1. The van der Waals surface area contributed by atoms with Crippen molar-refractivity contribution in [3.05, 3.63) is 70.6 Å². The van der Waals surface area contributed by atoms with Crippen molar-refractivity contribution in [3.63, 3.8) is 0 Å². The number of benzene rings is 2. The summed E-state index contributed by atoms with van der Waals surface area (Å²) in [4.78, 5) is 17.3. The summed E-state index contributed by atoms with van der Waals surface area (Å²) in [6.07, 6.45) is -1.57. The third-order valence-electron chi connectivity index (χ3n) is 5.90. The number of halogens is 4. The third-order valence-corrected chi connectivity index (χ3v) is 6.19. The molecule has 1 amide bonds. The van der Waals surface area contributed by atoms with Gasteiger partial charge in [-0.25, -0.2) is 18.2 Å². The second kappa shape index (κ2) is 10.9. The molecule has 2 N–H and O–H groups in total. The third kappa shape index (κ3) is 5.91. The lowest BCUT2D eigenvalue weighted by atomic mass is 10.0. The number of aromatic nitrogens is 1. The lowest BCUT2D eigenvalue weighted by molar-refractivity contribution is 0.0655. The molecule has 1 aliphatic rings. The molecule has 1 aromatic heterocycles. The Bertz CT molecular complexity index is 1310. The van der Waals surface area contributed by atoms with E-state index in [0.717, 1.165) is 0 Å². The van der Waals surface area contributed by atoms with E-state index in [2.05, 4.69) is 10.3 Å². The molecule has 0 spiro atoms. The first kappa shape index (κ1) is 26.6. The number of carbonyl (C=O) groups is 1. The smallest absolute Gasteiger partial charge is 0.288 e. The maximum absolute atomic E-state index is 13.6. The predicted molar refractivity (Wildman–Crippen MR) is 130 cm³/mol. The normalized spacial score (nSPS) is 16.6. The molecule has 1 heterocycles. The monoisotopic (exact) mass is 536 g/mol. The van der Waals surface area contributed by atoms with Crippen molar-refractivity contribution >= 4 is 17.5 Å². The van der Waals surface area contributed by atoms with Gasteiger partial charge in [-0.3, -0.25) is 4.79 Å². The van der Waals surface area contributed by atoms with E-state index in [-0.39, 0.29) is 41.7 Å². The molecule has 2 unspecified atom stereocenters. The highest BCUT2D eigenvalue weighted by atomic mass is 35.5. The lowest BCUT2D eigenvalue weighted by Gasteiger charge is -2.18. The number of pyridine rings is 1. The number of hydrogen-bond donors (Lipinski definition) is 2. The maximum atomic E-state index is 13.6. The minimum Gasteiger partial charge on any atom is -0.494 e. The number of rotatable bonds is 10.